The Morgan fingerprint density at radius 1 is 1.23 bits per heavy atom. The molecule has 0 atom stereocenters. The maximum absolute atomic E-state index is 13.3. The lowest BCUT2D eigenvalue weighted by Crippen LogP contribution is -2.18. The molecule has 2 heterocycles. The van der Waals surface area contributed by atoms with E-state index in [1.807, 2.05) is 0 Å². The molecule has 22 heavy (non-hydrogen) atoms. The van der Waals surface area contributed by atoms with Gasteiger partial charge in [0.05, 0.1) is 18.4 Å². The quantitative estimate of drug-likeness (QED) is 0.614. The molecule has 0 unspecified atom stereocenters. The van der Waals surface area contributed by atoms with E-state index in [2.05, 4.69) is 9.97 Å². The van der Waals surface area contributed by atoms with Crippen molar-refractivity contribution in [1.82, 2.24) is 14.5 Å². The van der Waals surface area contributed by atoms with Crippen LogP contribution in [0.1, 0.15) is 35.6 Å². The average molecular weight is 334 g/mol. The Morgan fingerprint density at radius 3 is 2.68 bits per heavy atom. The van der Waals surface area contributed by atoms with Gasteiger partial charge in [-0.1, -0.05) is 11.6 Å². The molecule has 2 aromatic rings. The van der Waals surface area contributed by atoms with Crippen molar-refractivity contribution in [3.8, 4) is 0 Å². The monoisotopic (exact) mass is 333 g/mol. The number of nitrogens with zero attached hydrogens (tertiary/aromatic N) is 3. The van der Waals surface area contributed by atoms with Crippen LogP contribution in [0.15, 0.2) is 12.3 Å². The predicted octanol–water partition coefficient (Wildman–Crippen LogP) is 4.02. The molecular formula is C14H12ClF4N3. The van der Waals surface area contributed by atoms with Gasteiger partial charge in [0.1, 0.15) is 11.0 Å². The Bertz CT molecular complexity index is 709. The Hall–Kier alpha value is -1.63. The molecule has 0 N–H and O–H groups in total. The van der Waals surface area contributed by atoms with E-state index < -0.39 is 17.8 Å². The Morgan fingerprint density at radius 2 is 1.95 bits per heavy atom. The Balaban J connectivity index is 2.09. The van der Waals surface area contributed by atoms with Crippen LogP contribution >= 0.6 is 11.6 Å². The van der Waals surface area contributed by atoms with Crippen molar-refractivity contribution in [2.24, 2.45) is 0 Å². The fraction of sp³-hybridized carbons (Fsp3) is 0.429. The second-order valence-corrected chi connectivity index (χ2v) is 5.58. The molecule has 0 aromatic carbocycles. The zero-order chi connectivity index (χ0) is 15.9. The van der Waals surface area contributed by atoms with E-state index in [1.54, 1.807) is 0 Å². The van der Waals surface area contributed by atoms with Crippen LogP contribution in [0.2, 0.25) is 5.15 Å². The van der Waals surface area contributed by atoms with Crippen molar-refractivity contribution in [3.05, 3.63) is 46.0 Å². The number of fused-ring (bicyclic) bond motifs is 1. The van der Waals surface area contributed by atoms with Crippen LogP contribution < -0.4 is 0 Å². The summed E-state index contributed by atoms with van der Waals surface area (Å²) in [5.74, 6) is -1.60. The minimum atomic E-state index is -4.56. The zero-order valence-electron chi connectivity index (χ0n) is 11.4. The summed E-state index contributed by atoms with van der Waals surface area (Å²) in [6, 6.07) is 1.10. The lowest BCUT2D eigenvalue weighted by atomic mass is 10.0. The summed E-state index contributed by atoms with van der Waals surface area (Å²) in [5.41, 5.74) is 1.23. The van der Waals surface area contributed by atoms with Gasteiger partial charge in [-0.2, -0.15) is 13.2 Å². The molecule has 1 aliphatic rings. The molecule has 1 aliphatic carbocycles. The van der Waals surface area contributed by atoms with Gasteiger partial charge in [-0.05, 0) is 31.7 Å². The second-order valence-electron chi connectivity index (χ2n) is 5.22. The van der Waals surface area contributed by atoms with Crippen molar-refractivity contribution >= 4 is 11.6 Å². The largest absolute Gasteiger partial charge is 0.449 e. The molecule has 0 spiro atoms. The van der Waals surface area contributed by atoms with E-state index in [1.165, 1.54) is 0 Å². The highest BCUT2D eigenvalue weighted by molar-refractivity contribution is 6.30. The molecule has 0 bridgehead atoms. The van der Waals surface area contributed by atoms with Crippen LogP contribution in [0.4, 0.5) is 17.6 Å². The van der Waals surface area contributed by atoms with Crippen LogP contribution in [-0.4, -0.2) is 14.5 Å². The first-order valence-corrected chi connectivity index (χ1v) is 7.19. The fourth-order valence-electron chi connectivity index (χ4n) is 2.73. The number of aromatic nitrogens is 3. The molecule has 0 saturated heterocycles. The maximum atomic E-state index is 13.3. The van der Waals surface area contributed by atoms with Gasteiger partial charge < -0.3 is 4.57 Å². The predicted molar refractivity (Wildman–Crippen MR) is 72.2 cm³/mol. The highest BCUT2D eigenvalue weighted by Crippen LogP contribution is 2.34. The number of aryl methyl sites for hydroxylation is 1. The maximum Gasteiger partial charge on any atom is 0.449 e. The third-order valence-electron chi connectivity index (χ3n) is 3.69. The Kier molecular flexibility index (Phi) is 3.84. The zero-order valence-corrected chi connectivity index (χ0v) is 12.2. The van der Waals surface area contributed by atoms with Gasteiger partial charge >= 0.3 is 6.18 Å². The summed E-state index contributed by atoms with van der Waals surface area (Å²) in [4.78, 5) is 7.39. The fourth-order valence-corrected chi connectivity index (χ4v) is 2.90. The minimum Gasteiger partial charge on any atom is -0.320 e. The average Bonchev–Trinajstić information content (AvgIpc) is 2.82. The molecule has 0 aliphatic heterocycles. The normalized spacial score (nSPS) is 15.0. The lowest BCUT2D eigenvalue weighted by molar-refractivity contribution is -0.147. The number of hydrogen-bond acceptors (Lipinski definition) is 2. The first kappa shape index (κ1) is 15.3. The number of alkyl halides is 3. The first-order valence-electron chi connectivity index (χ1n) is 6.81. The van der Waals surface area contributed by atoms with Gasteiger partial charge in [-0.25, -0.2) is 14.4 Å². The molecule has 8 heteroatoms. The number of pyridine rings is 1. The summed E-state index contributed by atoms with van der Waals surface area (Å²) in [5, 5.41) is -0.00668. The highest BCUT2D eigenvalue weighted by Gasteiger charge is 2.39. The topological polar surface area (TPSA) is 30.7 Å². The molecule has 3 rings (SSSR count). The molecular weight excluding hydrogens is 322 g/mol. The van der Waals surface area contributed by atoms with Crippen LogP contribution in [0.3, 0.4) is 0 Å². The van der Waals surface area contributed by atoms with Crippen molar-refractivity contribution in [2.45, 2.75) is 38.4 Å². The lowest BCUT2D eigenvalue weighted by Gasteiger charge is -2.16. The number of halogens is 5. The molecule has 3 nitrogen and oxygen atoms in total. The van der Waals surface area contributed by atoms with E-state index in [0.717, 1.165) is 29.7 Å². The first-order chi connectivity index (χ1) is 10.4. The molecule has 0 amide bonds. The minimum absolute atomic E-state index is 0.00668. The van der Waals surface area contributed by atoms with Gasteiger partial charge in [0.2, 0.25) is 5.82 Å². The third-order valence-corrected chi connectivity index (χ3v) is 4.03. The third kappa shape index (κ3) is 2.82. The van der Waals surface area contributed by atoms with Gasteiger partial charge in [-0.15, -0.1) is 0 Å². The van der Waals surface area contributed by atoms with Crippen LogP contribution in [-0.2, 0) is 25.6 Å². The van der Waals surface area contributed by atoms with Crippen molar-refractivity contribution in [1.29, 1.82) is 0 Å². The number of imidazole rings is 1. The Labute approximate surface area is 128 Å². The van der Waals surface area contributed by atoms with E-state index >= 15 is 0 Å². The summed E-state index contributed by atoms with van der Waals surface area (Å²) in [7, 11) is 0. The van der Waals surface area contributed by atoms with Gasteiger partial charge in [0.15, 0.2) is 0 Å². The molecule has 0 saturated carbocycles. The summed E-state index contributed by atoms with van der Waals surface area (Å²) >= 11 is 5.87. The van der Waals surface area contributed by atoms with Crippen LogP contribution in [0.5, 0.6) is 0 Å². The van der Waals surface area contributed by atoms with Gasteiger partial charge in [-0.3, -0.25) is 0 Å². The molecule has 0 radical (unpaired) electrons. The summed E-state index contributed by atoms with van der Waals surface area (Å²) in [6.45, 7) is -0.194. The smallest absolute Gasteiger partial charge is 0.320 e. The van der Waals surface area contributed by atoms with Crippen molar-refractivity contribution in [2.75, 3.05) is 0 Å². The van der Waals surface area contributed by atoms with Crippen molar-refractivity contribution in [3.63, 3.8) is 0 Å². The SMILES string of the molecule is Fc1cnc(Cl)c(Cn2c(C(F)(F)F)nc3c2CCCC3)c1. The van der Waals surface area contributed by atoms with Gasteiger partial charge in [0, 0.05) is 11.3 Å². The van der Waals surface area contributed by atoms with Crippen LogP contribution in [0.25, 0.3) is 0 Å². The highest BCUT2D eigenvalue weighted by atomic mass is 35.5. The van der Waals surface area contributed by atoms with Crippen molar-refractivity contribution < 1.29 is 17.6 Å². The van der Waals surface area contributed by atoms with E-state index in [9.17, 15) is 17.6 Å². The summed E-state index contributed by atoms with van der Waals surface area (Å²) in [6.07, 6.45) is -0.946. The summed E-state index contributed by atoms with van der Waals surface area (Å²) < 4.78 is 54.0. The van der Waals surface area contributed by atoms with E-state index in [0.29, 0.717) is 24.2 Å². The van der Waals surface area contributed by atoms with E-state index in [4.69, 9.17) is 11.6 Å². The standard InChI is InChI=1S/C14H12ClF4N3/c15-12-8(5-9(16)6-20-12)7-22-11-4-2-1-3-10(11)21-13(22)14(17,18)19/h5-6H,1-4,7H2. The van der Waals surface area contributed by atoms with Crippen LogP contribution in [0, 0.1) is 5.82 Å². The number of rotatable bonds is 2. The molecule has 2 aromatic heterocycles. The second kappa shape index (κ2) is 5.53. The van der Waals surface area contributed by atoms with E-state index in [-0.39, 0.29) is 17.3 Å². The molecule has 118 valence electrons. The number of hydrogen-bond donors (Lipinski definition) is 0. The van der Waals surface area contributed by atoms with Gasteiger partial charge in [0.25, 0.3) is 0 Å². The molecule has 0 fully saturated rings.